The molecule has 87 heavy (non-hydrogen) atoms. The molecule has 0 saturated carbocycles. The Hall–Kier alpha value is -2.55. The van der Waals surface area contributed by atoms with Crippen molar-refractivity contribution in [2.24, 2.45) is 5.73 Å². The van der Waals surface area contributed by atoms with E-state index in [1.807, 2.05) is 0 Å². The summed E-state index contributed by atoms with van der Waals surface area (Å²) in [5, 5.41) is 0. The average molecular weight is 1240 g/mol. The molecule has 0 bridgehead atoms. The third kappa shape index (κ3) is 72.4. The Bertz CT molecular complexity index is 1660. The fourth-order valence-electron chi connectivity index (χ4n) is 11.1. The maximum atomic E-state index is 12.8. The Morgan fingerprint density at radius 3 is 0.943 bits per heavy atom. The molecule has 2 atom stereocenters. The zero-order valence-corrected chi connectivity index (χ0v) is 58.2. The molecule has 10 heteroatoms. The molecule has 0 aromatic carbocycles. The van der Waals surface area contributed by atoms with Gasteiger partial charge in [-0.1, -0.05) is 350 Å². The fourth-order valence-corrected chi connectivity index (χ4v) is 11.8. The first-order valence-corrected chi connectivity index (χ1v) is 38.9. The number of carbonyl (C=O) groups excluding carboxylic acids is 2. The van der Waals surface area contributed by atoms with Crippen molar-refractivity contribution in [2.45, 2.75) is 380 Å². The second kappa shape index (κ2) is 72.5. The zero-order chi connectivity index (χ0) is 63.0. The third-order valence-corrected chi connectivity index (χ3v) is 17.6. The summed E-state index contributed by atoms with van der Waals surface area (Å²) < 4.78 is 33.2. The maximum absolute atomic E-state index is 12.8. The number of allylic oxidation sites excluding steroid dienone is 12. The van der Waals surface area contributed by atoms with Gasteiger partial charge >= 0.3 is 19.8 Å². The summed E-state index contributed by atoms with van der Waals surface area (Å²) in [6, 6.07) is 0. The van der Waals surface area contributed by atoms with Crippen LogP contribution in [0.5, 0.6) is 0 Å². The van der Waals surface area contributed by atoms with Gasteiger partial charge in [0.05, 0.1) is 13.2 Å². The highest BCUT2D eigenvalue weighted by Crippen LogP contribution is 2.43. The second-order valence-corrected chi connectivity index (χ2v) is 26.6. The van der Waals surface area contributed by atoms with Gasteiger partial charge in [-0.25, -0.2) is 4.57 Å². The van der Waals surface area contributed by atoms with Crippen molar-refractivity contribution < 1.29 is 37.6 Å². The van der Waals surface area contributed by atoms with Gasteiger partial charge < -0.3 is 20.1 Å². The summed E-state index contributed by atoms with van der Waals surface area (Å²) in [6.45, 7) is 3.68. The van der Waals surface area contributed by atoms with Crippen LogP contribution in [0.1, 0.15) is 373 Å². The lowest BCUT2D eigenvalue weighted by Crippen LogP contribution is -2.29. The number of nitrogens with two attached hydrogens (primary N) is 1. The first kappa shape index (κ1) is 84.5. The lowest BCUT2D eigenvalue weighted by atomic mass is 10.0. The number of phosphoric ester groups is 1. The van der Waals surface area contributed by atoms with E-state index in [2.05, 4.69) is 86.8 Å². The quantitative estimate of drug-likeness (QED) is 0.0264. The molecule has 508 valence electrons. The SMILES string of the molecule is CC/C=C\C/C=C\C/C=C\C/C=C\CCCCCCCCCCCCCCCCCCC(=O)OC(COC(=O)CCCCCCCCCCCCCCCCCCCCCCCCCCC/C=C\C/C=C\CCCCCCC)COP(=O)(O)OCCN. The van der Waals surface area contributed by atoms with E-state index in [1.54, 1.807) is 0 Å². The molecular formula is C77H142NO8P. The van der Waals surface area contributed by atoms with Crippen LogP contribution in [0.25, 0.3) is 0 Å². The van der Waals surface area contributed by atoms with Crippen LogP contribution >= 0.6 is 7.82 Å². The van der Waals surface area contributed by atoms with Crippen LogP contribution in [-0.4, -0.2) is 49.3 Å². The highest BCUT2D eigenvalue weighted by molar-refractivity contribution is 7.47. The number of phosphoric acid groups is 1. The van der Waals surface area contributed by atoms with Gasteiger partial charge in [0.2, 0.25) is 0 Å². The lowest BCUT2D eigenvalue weighted by Gasteiger charge is -2.19. The Labute approximate surface area is 539 Å². The molecule has 2 unspecified atom stereocenters. The van der Waals surface area contributed by atoms with Crippen LogP contribution in [0.15, 0.2) is 72.9 Å². The number of hydrogen-bond acceptors (Lipinski definition) is 8. The van der Waals surface area contributed by atoms with Crippen LogP contribution in [0.2, 0.25) is 0 Å². The monoisotopic (exact) mass is 1240 g/mol. The molecule has 0 aliphatic carbocycles. The highest BCUT2D eigenvalue weighted by atomic mass is 31.2. The highest BCUT2D eigenvalue weighted by Gasteiger charge is 2.26. The van der Waals surface area contributed by atoms with Gasteiger partial charge in [-0.2, -0.15) is 0 Å². The minimum atomic E-state index is -4.39. The van der Waals surface area contributed by atoms with E-state index in [0.717, 1.165) is 70.6 Å². The topological polar surface area (TPSA) is 134 Å². The predicted octanol–water partition coefficient (Wildman–Crippen LogP) is 24.8. The van der Waals surface area contributed by atoms with Gasteiger partial charge in [0.25, 0.3) is 0 Å². The van der Waals surface area contributed by atoms with Crippen molar-refractivity contribution in [2.75, 3.05) is 26.4 Å². The molecule has 3 N–H and O–H groups in total. The van der Waals surface area contributed by atoms with Crippen molar-refractivity contribution in [3.05, 3.63) is 72.9 Å². The van der Waals surface area contributed by atoms with E-state index in [4.69, 9.17) is 24.3 Å². The predicted molar refractivity (Wildman–Crippen MR) is 376 cm³/mol. The van der Waals surface area contributed by atoms with Crippen molar-refractivity contribution in [3.63, 3.8) is 0 Å². The third-order valence-electron chi connectivity index (χ3n) is 16.6. The van der Waals surface area contributed by atoms with Crippen LogP contribution in [0.3, 0.4) is 0 Å². The maximum Gasteiger partial charge on any atom is 0.472 e. The van der Waals surface area contributed by atoms with Gasteiger partial charge in [-0.15, -0.1) is 0 Å². The van der Waals surface area contributed by atoms with Crippen LogP contribution in [-0.2, 0) is 32.7 Å². The summed E-state index contributed by atoms with van der Waals surface area (Å²) in [4.78, 5) is 35.4. The Morgan fingerprint density at radius 2 is 0.632 bits per heavy atom. The number of carbonyl (C=O) groups is 2. The van der Waals surface area contributed by atoms with Crippen LogP contribution in [0, 0.1) is 0 Å². The molecular weight excluding hydrogens is 1100 g/mol. The minimum absolute atomic E-state index is 0.0539. The van der Waals surface area contributed by atoms with Crippen molar-refractivity contribution in [3.8, 4) is 0 Å². The molecule has 0 aliphatic rings. The summed E-state index contributed by atoms with van der Waals surface area (Å²) in [5.41, 5.74) is 5.41. The molecule has 9 nitrogen and oxygen atoms in total. The van der Waals surface area contributed by atoms with E-state index in [0.29, 0.717) is 6.42 Å². The molecule has 0 fully saturated rings. The van der Waals surface area contributed by atoms with Gasteiger partial charge in [0.15, 0.2) is 6.10 Å². The van der Waals surface area contributed by atoms with Gasteiger partial charge in [0, 0.05) is 19.4 Å². The standard InChI is InChI=1S/C77H142NO8P/c1-3-5-7-9-11-13-15-17-19-21-23-25-27-29-31-33-34-35-36-37-38-39-40-42-43-45-47-49-51-53-55-57-59-61-63-65-67-69-76(79)83-73-75(74-85-87(81,82)84-72-71-78)86-77(80)70-68-66-64-62-60-58-56-54-52-50-48-46-44-41-32-30-28-26-24-22-20-18-16-14-12-10-8-6-4-2/h6,8,12,14-15,17-18,20-21,23-24,26,75H,3-5,7,9-11,13,16,19,22,25,27-74,78H2,1-2H3,(H,81,82)/b8-6-,14-12-,17-15-,20-18-,23-21-,26-24-. The van der Waals surface area contributed by atoms with Gasteiger partial charge in [0.1, 0.15) is 6.61 Å². The summed E-state index contributed by atoms with van der Waals surface area (Å²) in [5.74, 6) is -0.809. The number of hydrogen-bond donors (Lipinski definition) is 2. The van der Waals surface area contributed by atoms with E-state index < -0.39 is 26.5 Å². The number of unbranched alkanes of at least 4 members (excludes halogenated alkanes) is 46. The van der Waals surface area contributed by atoms with Crippen LogP contribution in [0.4, 0.5) is 0 Å². The smallest absolute Gasteiger partial charge is 0.462 e. The normalized spacial score (nSPS) is 13.3. The van der Waals surface area contributed by atoms with E-state index in [-0.39, 0.29) is 38.6 Å². The van der Waals surface area contributed by atoms with Crippen molar-refractivity contribution in [1.82, 2.24) is 0 Å². The molecule has 0 aromatic rings. The van der Waals surface area contributed by atoms with Gasteiger partial charge in [-0.3, -0.25) is 18.6 Å². The largest absolute Gasteiger partial charge is 0.472 e. The molecule has 0 aromatic heterocycles. The van der Waals surface area contributed by atoms with E-state index in [1.165, 1.54) is 270 Å². The molecule has 0 saturated heterocycles. The number of ether oxygens (including phenoxy) is 2. The molecule has 0 spiro atoms. The molecule has 0 radical (unpaired) electrons. The lowest BCUT2D eigenvalue weighted by molar-refractivity contribution is -0.161. The zero-order valence-electron chi connectivity index (χ0n) is 57.3. The molecule has 0 heterocycles. The second-order valence-electron chi connectivity index (χ2n) is 25.1. The Balaban J connectivity index is 3.79. The minimum Gasteiger partial charge on any atom is -0.462 e. The summed E-state index contributed by atoms with van der Waals surface area (Å²) in [7, 11) is -4.39. The first-order chi connectivity index (χ1) is 42.8. The molecule has 0 amide bonds. The molecule has 0 rings (SSSR count). The fraction of sp³-hybridized carbons (Fsp3) is 0.818. The Morgan fingerprint density at radius 1 is 0.356 bits per heavy atom. The average Bonchev–Trinajstić information content (AvgIpc) is 3.63. The van der Waals surface area contributed by atoms with Crippen molar-refractivity contribution >= 4 is 19.8 Å². The first-order valence-electron chi connectivity index (χ1n) is 37.4. The summed E-state index contributed by atoms with van der Waals surface area (Å²) in [6.07, 6.45) is 95.9. The van der Waals surface area contributed by atoms with E-state index >= 15 is 0 Å². The Kier molecular flexibility index (Phi) is 70.4. The molecule has 0 aliphatic heterocycles. The van der Waals surface area contributed by atoms with Crippen LogP contribution < -0.4 is 5.73 Å². The van der Waals surface area contributed by atoms with Gasteiger partial charge in [-0.05, 0) is 83.5 Å². The number of esters is 2. The van der Waals surface area contributed by atoms with Crippen molar-refractivity contribution in [1.29, 1.82) is 0 Å². The number of rotatable bonds is 71. The summed E-state index contributed by atoms with van der Waals surface area (Å²) >= 11 is 0. The van der Waals surface area contributed by atoms with E-state index in [9.17, 15) is 19.0 Å².